The second-order valence-corrected chi connectivity index (χ2v) is 11.5. The summed E-state index contributed by atoms with van der Waals surface area (Å²) in [5, 5.41) is 11.1. The normalized spacial score (nSPS) is 13.4. The number of carbonyl (C=O) groups is 1. The molecule has 2 heterocycles. The van der Waals surface area contributed by atoms with Crippen LogP contribution < -0.4 is 11.2 Å². The zero-order chi connectivity index (χ0) is 24.0. The van der Waals surface area contributed by atoms with E-state index in [0.717, 1.165) is 4.57 Å². The van der Waals surface area contributed by atoms with Gasteiger partial charge < -0.3 is 9.84 Å². The Morgan fingerprint density at radius 1 is 1.16 bits per heavy atom. The van der Waals surface area contributed by atoms with Crippen molar-refractivity contribution in [2.75, 3.05) is 0 Å². The third-order valence-electron chi connectivity index (χ3n) is 5.15. The third-order valence-corrected chi connectivity index (χ3v) is 7.34. The van der Waals surface area contributed by atoms with E-state index in [1.807, 2.05) is 6.07 Å². The molecule has 172 valence electrons. The van der Waals surface area contributed by atoms with E-state index in [9.17, 15) is 19.5 Å². The number of halogens is 1. The lowest BCUT2D eigenvalue weighted by Gasteiger charge is -2.30. The van der Waals surface area contributed by atoms with Crippen molar-refractivity contribution in [1.29, 1.82) is 0 Å². The highest BCUT2D eigenvalue weighted by Gasteiger charge is 2.38. The van der Waals surface area contributed by atoms with Crippen molar-refractivity contribution in [2.45, 2.75) is 65.3 Å². The second-order valence-electron chi connectivity index (χ2n) is 9.20. The highest BCUT2D eigenvalue weighted by atomic mass is 79.9. The predicted molar refractivity (Wildman–Crippen MR) is 129 cm³/mol. The summed E-state index contributed by atoms with van der Waals surface area (Å²) in [6.07, 6.45) is -0.978. The third kappa shape index (κ3) is 4.46. The summed E-state index contributed by atoms with van der Waals surface area (Å²) in [5.41, 5.74) is -2.27. The summed E-state index contributed by atoms with van der Waals surface area (Å²) in [6, 6.07) is 8.97. The van der Waals surface area contributed by atoms with E-state index < -0.39 is 34.5 Å². The molecule has 1 unspecified atom stereocenters. The van der Waals surface area contributed by atoms with Gasteiger partial charge in [0.05, 0.1) is 21.8 Å². The summed E-state index contributed by atoms with van der Waals surface area (Å²) in [6.45, 7) is 9.85. The molecule has 0 bridgehead atoms. The van der Waals surface area contributed by atoms with E-state index >= 15 is 0 Å². The number of esters is 1. The van der Waals surface area contributed by atoms with Crippen LogP contribution in [0.1, 0.15) is 51.8 Å². The second kappa shape index (κ2) is 8.61. The zero-order valence-corrected chi connectivity index (χ0v) is 21.3. The highest BCUT2D eigenvalue weighted by molar-refractivity contribution is 9.11. The maximum Gasteiger partial charge on any atom is 0.333 e. The molecule has 3 rings (SSSR count). The first-order valence-corrected chi connectivity index (χ1v) is 11.8. The molecule has 0 amide bonds. The summed E-state index contributed by atoms with van der Waals surface area (Å²) in [7, 11) is 0. The Bertz CT molecular complexity index is 1280. The number of aliphatic hydroxyl groups is 1. The average Bonchev–Trinajstić information content (AvgIpc) is 2.99. The molecule has 0 radical (unpaired) electrons. The minimum absolute atomic E-state index is 0.0730. The van der Waals surface area contributed by atoms with Crippen LogP contribution in [-0.2, 0) is 21.6 Å². The Kier molecular flexibility index (Phi) is 6.57. The summed E-state index contributed by atoms with van der Waals surface area (Å²) in [4.78, 5) is 40.5. The van der Waals surface area contributed by atoms with Gasteiger partial charge in [-0.05, 0) is 68.6 Å². The van der Waals surface area contributed by atoms with Crippen LogP contribution >= 0.6 is 27.3 Å². The van der Waals surface area contributed by atoms with Crippen molar-refractivity contribution in [3.63, 3.8) is 0 Å². The van der Waals surface area contributed by atoms with Gasteiger partial charge in [0.15, 0.2) is 0 Å². The number of aliphatic hydroxyl groups excluding tert-OH is 1. The number of aryl methyl sites for hydroxylation is 1. The molecular weight excluding hydrogens is 496 g/mol. The van der Waals surface area contributed by atoms with E-state index in [2.05, 4.69) is 15.9 Å². The number of hydrogen-bond acceptors (Lipinski definition) is 6. The molecule has 1 aromatic carbocycles. The monoisotopic (exact) mass is 522 g/mol. The van der Waals surface area contributed by atoms with E-state index in [0.29, 0.717) is 25.1 Å². The van der Waals surface area contributed by atoms with Gasteiger partial charge in [-0.3, -0.25) is 9.36 Å². The average molecular weight is 523 g/mol. The Morgan fingerprint density at radius 2 is 1.75 bits per heavy atom. The van der Waals surface area contributed by atoms with Crippen molar-refractivity contribution in [2.24, 2.45) is 0 Å². The van der Waals surface area contributed by atoms with Gasteiger partial charge in [-0.2, -0.15) is 0 Å². The van der Waals surface area contributed by atoms with Gasteiger partial charge in [0.1, 0.15) is 16.0 Å². The van der Waals surface area contributed by atoms with E-state index in [1.165, 1.54) is 29.8 Å². The van der Waals surface area contributed by atoms with Crippen molar-refractivity contribution >= 4 is 43.5 Å². The molecule has 9 heteroatoms. The number of benzene rings is 1. The SMILES string of the molecule is Cc1c(Br)sc2c1c(=O)n(C(C)(C)C(=O)OC(C)(C)C)c(=O)n2CC(O)c1ccccc1. The minimum atomic E-state index is -1.56. The van der Waals surface area contributed by atoms with Gasteiger partial charge in [-0.15, -0.1) is 11.3 Å². The van der Waals surface area contributed by atoms with Crippen molar-refractivity contribution in [3.05, 3.63) is 66.1 Å². The molecule has 0 fully saturated rings. The van der Waals surface area contributed by atoms with Gasteiger partial charge in [0.25, 0.3) is 5.56 Å². The van der Waals surface area contributed by atoms with Crippen molar-refractivity contribution < 1.29 is 14.6 Å². The lowest BCUT2D eigenvalue weighted by atomic mass is 10.0. The fraction of sp³-hybridized carbons (Fsp3) is 0.435. The smallest absolute Gasteiger partial charge is 0.333 e. The molecule has 0 spiro atoms. The molecule has 0 aliphatic heterocycles. The highest BCUT2D eigenvalue weighted by Crippen LogP contribution is 2.33. The predicted octanol–water partition coefficient (Wildman–Crippen LogP) is 4.11. The minimum Gasteiger partial charge on any atom is -0.458 e. The van der Waals surface area contributed by atoms with Gasteiger partial charge in [0.2, 0.25) is 0 Å². The first kappa shape index (κ1) is 24.4. The fourth-order valence-electron chi connectivity index (χ4n) is 3.42. The van der Waals surface area contributed by atoms with Gasteiger partial charge in [0, 0.05) is 0 Å². The van der Waals surface area contributed by atoms with E-state index in [4.69, 9.17) is 4.74 Å². The van der Waals surface area contributed by atoms with E-state index in [-0.39, 0.29) is 6.54 Å². The number of ether oxygens (including phenoxy) is 1. The molecule has 0 aliphatic rings. The first-order valence-electron chi connectivity index (χ1n) is 10.2. The van der Waals surface area contributed by atoms with Gasteiger partial charge >= 0.3 is 11.7 Å². The zero-order valence-electron chi connectivity index (χ0n) is 18.9. The summed E-state index contributed by atoms with van der Waals surface area (Å²) < 4.78 is 8.51. The molecular formula is C23H27BrN2O5S. The number of aromatic nitrogens is 2. The number of hydrogen-bond donors (Lipinski definition) is 1. The molecule has 0 aliphatic carbocycles. The quantitative estimate of drug-likeness (QED) is 0.509. The number of nitrogens with zero attached hydrogens (tertiary/aromatic N) is 2. The number of thiophene rings is 1. The Balaban J connectivity index is 2.27. The number of carbonyl (C=O) groups excluding carboxylic acids is 1. The molecule has 2 aromatic heterocycles. The largest absolute Gasteiger partial charge is 0.458 e. The van der Waals surface area contributed by atoms with Crippen LogP contribution in [0.4, 0.5) is 0 Å². The Labute approximate surface area is 198 Å². The van der Waals surface area contributed by atoms with Crippen LogP contribution in [0, 0.1) is 6.92 Å². The van der Waals surface area contributed by atoms with Crippen LogP contribution in [0.3, 0.4) is 0 Å². The van der Waals surface area contributed by atoms with Crippen LogP contribution in [0.5, 0.6) is 0 Å². The first-order chi connectivity index (χ1) is 14.8. The van der Waals surface area contributed by atoms with Crippen LogP contribution in [0.25, 0.3) is 10.2 Å². The van der Waals surface area contributed by atoms with Gasteiger partial charge in [-0.25, -0.2) is 14.2 Å². The molecule has 32 heavy (non-hydrogen) atoms. The standard InChI is InChI=1S/C23H27BrN2O5S/c1-13-16-18(28)26(23(5,6)20(29)31-22(2,3)4)21(30)25(19(16)32-17(13)24)12-15(27)14-10-8-7-9-11-14/h7-11,15,27H,12H2,1-6H3. The van der Waals surface area contributed by atoms with Crippen LogP contribution in [-0.4, -0.2) is 25.8 Å². The molecule has 0 saturated heterocycles. The number of rotatable bonds is 5. The maximum absolute atomic E-state index is 13.6. The summed E-state index contributed by atoms with van der Waals surface area (Å²) >= 11 is 4.70. The van der Waals surface area contributed by atoms with E-state index in [1.54, 1.807) is 52.0 Å². The molecule has 1 N–H and O–H groups in total. The fourth-order valence-corrected chi connectivity index (χ4v) is 5.11. The Morgan fingerprint density at radius 3 is 2.31 bits per heavy atom. The molecule has 3 aromatic rings. The lowest BCUT2D eigenvalue weighted by molar-refractivity contribution is -0.164. The molecule has 1 atom stereocenters. The topological polar surface area (TPSA) is 90.5 Å². The number of fused-ring (bicyclic) bond motifs is 1. The van der Waals surface area contributed by atoms with Crippen molar-refractivity contribution in [3.8, 4) is 0 Å². The molecule has 0 saturated carbocycles. The van der Waals surface area contributed by atoms with Crippen LogP contribution in [0.2, 0.25) is 0 Å². The van der Waals surface area contributed by atoms with Crippen LogP contribution in [0.15, 0.2) is 43.7 Å². The van der Waals surface area contributed by atoms with Crippen molar-refractivity contribution in [1.82, 2.24) is 9.13 Å². The maximum atomic E-state index is 13.6. The lowest BCUT2D eigenvalue weighted by Crippen LogP contribution is -2.54. The Hall–Kier alpha value is -2.23. The molecule has 7 nitrogen and oxygen atoms in total. The van der Waals surface area contributed by atoms with Gasteiger partial charge in [-0.1, -0.05) is 30.3 Å². The summed E-state index contributed by atoms with van der Waals surface area (Å²) in [5.74, 6) is -0.689.